The molecule has 1 rings (SSSR count). The van der Waals surface area contributed by atoms with E-state index in [-0.39, 0.29) is 0 Å². The van der Waals surface area contributed by atoms with Crippen molar-refractivity contribution in [3.05, 3.63) is 12.2 Å². The molecule has 1 aliphatic heterocycles. The topological polar surface area (TPSA) is 47.9 Å². The van der Waals surface area contributed by atoms with Crippen LogP contribution in [0, 0.1) is 0 Å². The van der Waals surface area contributed by atoms with Gasteiger partial charge in [-0.3, -0.25) is 0 Å². The molecule has 1 unspecified atom stereocenters. The van der Waals surface area contributed by atoms with Crippen LogP contribution in [0.5, 0.6) is 0 Å². The van der Waals surface area contributed by atoms with Gasteiger partial charge in [-0.15, -0.1) is 0 Å². The fraction of sp³-hybridized carbons (Fsp3) is 0.500. The second-order valence-corrected chi connectivity index (χ2v) is 2.60. The third-order valence-corrected chi connectivity index (χ3v) is 1.35. The van der Waals surface area contributed by atoms with E-state index in [1.165, 1.54) is 0 Å². The fourth-order valence-electron chi connectivity index (χ4n) is 0.754. The van der Waals surface area contributed by atoms with Crippen molar-refractivity contribution < 1.29 is 14.3 Å². The number of esters is 1. The molecule has 0 aromatic carbocycles. The van der Waals surface area contributed by atoms with Gasteiger partial charge in [-0.2, -0.15) is 0 Å². The average Bonchev–Trinajstić information content (AvgIpc) is 2.35. The Morgan fingerprint density at radius 3 is 2.92 bits per heavy atom. The van der Waals surface area contributed by atoms with Gasteiger partial charge in [0, 0.05) is 12.5 Å². The molecule has 0 spiro atoms. The van der Waals surface area contributed by atoms with Crippen LogP contribution in [0.2, 0.25) is 0 Å². The van der Waals surface area contributed by atoms with Gasteiger partial charge in [-0.1, -0.05) is 6.58 Å². The van der Waals surface area contributed by atoms with Crippen molar-refractivity contribution in [2.75, 3.05) is 6.61 Å². The third-order valence-electron chi connectivity index (χ3n) is 1.35. The highest BCUT2D eigenvalue weighted by atomic mass is 16.6. The molecule has 0 amide bonds. The zero-order chi connectivity index (χ0) is 9.14. The standard InChI is InChI=1S/C8H11NO3/c1-5(2)8(10)12-7-4-11-6(3)9-7/h7H,1,4H2,2-3H3. The zero-order valence-electron chi connectivity index (χ0n) is 7.16. The maximum Gasteiger partial charge on any atom is 0.335 e. The van der Waals surface area contributed by atoms with E-state index in [4.69, 9.17) is 9.47 Å². The molecule has 0 fully saturated rings. The molecule has 66 valence electrons. The molecule has 0 aliphatic carbocycles. The first kappa shape index (κ1) is 8.77. The smallest absolute Gasteiger partial charge is 0.335 e. The van der Waals surface area contributed by atoms with E-state index in [1.807, 2.05) is 0 Å². The van der Waals surface area contributed by atoms with Gasteiger partial charge >= 0.3 is 5.97 Å². The van der Waals surface area contributed by atoms with E-state index in [0.29, 0.717) is 18.1 Å². The van der Waals surface area contributed by atoms with Crippen LogP contribution in [0.25, 0.3) is 0 Å². The molecular weight excluding hydrogens is 158 g/mol. The largest absolute Gasteiger partial charge is 0.475 e. The number of hydrogen-bond donors (Lipinski definition) is 0. The average molecular weight is 169 g/mol. The van der Waals surface area contributed by atoms with Gasteiger partial charge in [-0.05, 0) is 6.92 Å². The molecule has 1 atom stereocenters. The first-order valence-corrected chi connectivity index (χ1v) is 3.63. The molecule has 0 radical (unpaired) electrons. The number of aliphatic imine (C=N–C) groups is 1. The Bertz CT molecular complexity index is 245. The Hall–Kier alpha value is -1.32. The summed E-state index contributed by atoms with van der Waals surface area (Å²) in [5.41, 5.74) is 0.370. The SMILES string of the molecule is C=C(C)C(=O)OC1COC(C)=N1. The van der Waals surface area contributed by atoms with Crippen molar-refractivity contribution >= 4 is 11.9 Å². The van der Waals surface area contributed by atoms with Gasteiger partial charge < -0.3 is 9.47 Å². The number of nitrogens with zero attached hydrogens (tertiary/aromatic N) is 1. The molecule has 0 aromatic rings. The fourth-order valence-corrected chi connectivity index (χ4v) is 0.754. The van der Waals surface area contributed by atoms with Crippen molar-refractivity contribution in [3.63, 3.8) is 0 Å². The third kappa shape index (κ3) is 2.08. The lowest BCUT2D eigenvalue weighted by Crippen LogP contribution is -2.17. The molecule has 4 nitrogen and oxygen atoms in total. The van der Waals surface area contributed by atoms with Crippen molar-refractivity contribution in [1.82, 2.24) is 0 Å². The minimum atomic E-state index is -0.491. The Morgan fingerprint density at radius 2 is 2.50 bits per heavy atom. The highest BCUT2D eigenvalue weighted by Crippen LogP contribution is 2.07. The number of carbonyl (C=O) groups excluding carboxylic acids is 1. The van der Waals surface area contributed by atoms with Crippen LogP contribution in [0.4, 0.5) is 0 Å². The summed E-state index contributed by atoms with van der Waals surface area (Å²) in [5, 5.41) is 0. The summed E-state index contributed by atoms with van der Waals surface area (Å²) in [6.45, 7) is 7.07. The van der Waals surface area contributed by atoms with Gasteiger partial charge in [0.1, 0.15) is 6.61 Å². The van der Waals surface area contributed by atoms with Crippen molar-refractivity contribution in [2.45, 2.75) is 20.1 Å². The summed E-state index contributed by atoms with van der Waals surface area (Å²) in [7, 11) is 0. The second kappa shape index (κ2) is 3.38. The molecule has 0 saturated heterocycles. The van der Waals surface area contributed by atoms with Crippen molar-refractivity contribution in [3.8, 4) is 0 Å². The van der Waals surface area contributed by atoms with E-state index in [1.54, 1.807) is 13.8 Å². The highest BCUT2D eigenvalue weighted by molar-refractivity contribution is 5.87. The Labute approximate surface area is 70.9 Å². The minimum Gasteiger partial charge on any atom is -0.475 e. The molecule has 0 saturated carbocycles. The highest BCUT2D eigenvalue weighted by Gasteiger charge is 2.19. The number of ether oxygens (including phenoxy) is 2. The molecule has 1 heterocycles. The minimum absolute atomic E-state index is 0.310. The lowest BCUT2D eigenvalue weighted by atomic mass is 10.4. The van der Waals surface area contributed by atoms with Crippen LogP contribution in [0.1, 0.15) is 13.8 Å². The first-order chi connectivity index (χ1) is 5.59. The van der Waals surface area contributed by atoms with Crippen LogP contribution >= 0.6 is 0 Å². The summed E-state index contributed by atoms with van der Waals surface area (Å²) in [6.07, 6.45) is -0.491. The van der Waals surface area contributed by atoms with E-state index in [9.17, 15) is 4.79 Å². The zero-order valence-corrected chi connectivity index (χ0v) is 7.16. The van der Waals surface area contributed by atoms with Gasteiger partial charge in [0.15, 0.2) is 5.90 Å². The maximum absolute atomic E-state index is 11.0. The van der Waals surface area contributed by atoms with Crippen LogP contribution < -0.4 is 0 Å². The normalized spacial score (nSPS) is 21.2. The van der Waals surface area contributed by atoms with Crippen LogP contribution in [-0.2, 0) is 14.3 Å². The predicted molar refractivity (Wildman–Crippen MR) is 43.8 cm³/mol. The summed E-state index contributed by atoms with van der Waals surface area (Å²) >= 11 is 0. The van der Waals surface area contributed by atoms with Crippen LogP contribution in [0.3, 0.4) is 0 Å². The molecule has 12 heavy (non-hydrogen) atoms. The van der Waals surface area contributed by atoms with E-state index >= 15 is 0 Å². The lowest BCUT2D eigenvalue weighted by molar-refractivity contribution is -0.144. The van der Waals surface area contributed by atoms with E-state index in [2.05, 4.69) is 11.6 Å². The summed E-state index contributed by atoms with van der Waals surface area (Å²) in [4.78, 5) is 14.9. The summed E-state index contributed by atoms with van der Waals surface area (Å²) < 4.78 is 9.88. The quantitative estimate of drug-likeness (QED) is 0.455. The molecule has 1 aliphatic rings. The predicted octanol–water partition coefficient (Wildman–Crippen LogP) is 0.880. The van der Waals surface area contributed by atoms with Gasteiger partial charge in [-0.25, -0.2) is 9.79 Å². The summed E-state index contributed by atoms with van der Waals surface area (Å²) in [6, 6.07) is 0. The van der Waals surface area contributed by atoms with E-state index in [0.717, 1.165) is 0 Å². The van der Waals surface area contributed by atoms with Gasteiger partial charge in [0.05, 0.1) is 0 Å². The monoisotopic (exact) mass is 169 g/mol. The first-order valence-electron chi connectivity index (χ1n) is 3.63. The Balaban J connectivity index is 2.43. The number of rotatable bonds is 2. The van der Waals surface area contributed by atoms with Crippen LogP contribution in [0.15, 0.2) is 17.1 Å². The molecule has 4 heteroatoms. The Morgan fingerprint density at radius 1 is 1.83 bits per heavy atom. The second-order valence-electron chi connectivity index (χ2n) is 2.60. The lowest BCUT2D eigenvalue weighted by Gasteiger charge is -2.06. The Kier molecular flexibility index (Phi) is 2.47. The molecule has 0 bridgehead atoms. The van der Waals surface area contributed by atoms with Gasteiger partial charge in [0.2, 0.25) is 6.23 Å². The maximum atomic E-state index is 11.0. The molecular formula is C8H11NO3. The van der Waals surface area contributed by atoms with E-state index < -0.39 is 12.2 Å². The van der Waals surface area contributed by atoms with Crippen molar-refractivity contribution in [1.29, 1.82) is 0 Å². The van der Waals surface area contributed by atoms with Gasteiger partial charge in [0.25, 0.3) is 0 Å². The number of carbonyl (C=O) groups is 1. The molecule has 0 N–H and O–H groups in total. The number of hydrogen-bond acceptors (Lipinski definition) is 4. The molecule has 0 aromatic heterocycles. The summed E-state index contributed by atoms with van der Waals surface area (Å²) in [5.74, 6) is 0.122. The van der Waals surface area contributed by atoms with Crippen molar-refractivity contribution in [2.24, 2.45) is 4.99 Å². The van der Waals surface area contributed by atoms with Crippen LogP contribution in [-0.4, -0.2) is 24.7 Å².